The van der Waals surface area contributed by atoms with Crippen LogP contribution in [0.3, 0.4) is 0 Å². The second-order valence-electron chi connectivity index (χ2n) is 4.42. The molecule has 0 aliphatic carbocycles. The van der Waals surface area contributed by atoms with Crippen LogP contribution in [0.4, 0.5) is 0 Å². The molecule has 0 aromatic heterocycles. The van der Waals surface area contributed by atoms with Gasteiger partial charge in [0, 0.05) is 0 Å². The Balaban J connectivity index is 3.07. The van der Waals surface area contributed by atoms with Gasteiger partial charge in [-0.2, -0.15) is 0 Å². The molecule has 3 nitrogen and oxygen atoms in total. The van der Waals surface area contributed by atoms with Crippen molar-refractivity contribution in [3.63, 3.8) is 0 Å². The van der Waals surface area contributed by atoms with Crippen molar-refractivity contribution in [1.82, 2.24) is 0 Å². The Bertz CT molecular complexity index is 176. The van der Waals surface area contributed by atoms with Crippen molar-refractivity contribution in [1.29, 1.82) is 0 Å². The van der Waals surface area contributed by atoms with E-state index in [9.17, 15) is 8.76 Å². The summed E-state index contributed by atoms with van der Waals surface area (Å²) in [5, 5.41) is -0.662. The molecular weight excluding hydrogens is 222 g/mol. The van der Waals surface area contributed by atoms with Gasteiger partial charge in [0.2, 0.25) is 0 Å². The zero-order valence-electron chi connectivity index (χ0n) is 10.5. The molecule has 0 spiro atoms. The molecule has 0 heterocycles. The van der Waals surface area contributed by atoms with E-state index in [-0.39, 0.29) is 0 Å². The van der Waals surface area contributed by atoms with Gasteiger partial charge in [-0.3, -0.25) is 4.21 Å². The predicted octanol–water partition coefficient (Wildman–Crippen LogP) is 3.07. The Morgan fingerprint density at radius 3 is 1.88 bits per heavy atom. The van der Waals surface area contributed by atoms with Crippen LogP contribution in [-0.2, 0) is 11.1 Å². The van der Waals surface area contributed by atoms with E-state index in [1.54, 1.807) is 0 Å². The second-order valence-corrected chi connectivity index (χ2v) is 5.54. The first-order valence-electron chi connectivity index (χ1n) is 6.52. The molecule has 98 valence electrons. The van der Waals surface area contributed by atoms with E-state index in [2.05, 4.69) is 6.92 Å². The van der Waals surface area contributed by atoms with Crippen LogP contribution >= 0.6 is 0 Å². The molecule has 0 aliphatic heterocycles. The van der Waals surface area contributed by atoms with E-state index >= 15 is 0 Å². The van der Waals surface area contributed by atoms with Crippen LogP contribution in [0.15, 0.2) is 0 Å². The SMILES string of the molecule is CCCCCCCCCCCC(N)S(=O)[O-]. The van der Waals surface area contributed by atoms with Gasteiger partial charge < -0.3 is 10.3 Å². The third-order valence-electron chi connectivity index (χ3n) is 2.84. The molecule has 0 saturated heterocycles. The molecular formula is C12H26NO2S-. The average molecular weight is 248 g/mol. The lowest BCUT2D eigenvalue weighted by Gasteiger charge is -2.13. The fourth-order valence-electron chi connectivity index (χ4n) is 1.75. The summed E-state index contributed by atoms with van der Waals surface area (Å²) in [4.78, 5) is 0. The van der Waals surface area contributed by atoms with Crippen LogP contribution < -0.4 is 5.73 Å². The van der Waals surface area contributed by atoms with Crippen molar-refractivity contribution in [2.45, 2.75) is 76.5 Å². The van der Waals surface area contributed by atoms with Crippen LogP contribution in [0.1, 0.15) is 71.1 Å². The minimum Gasteiger partial charge on any atom is -0.771 e. The Morgan fingerprint density at radius 2 is 1.44 bits per heavy atom. The summed E-state index contributed by atoms with van der Waals surface area (Å²) in [6.07, 6.45) is 11.8. The highest BCUT2D eigenvalue weighted by atomic mass is 32.2. The molecule has 0 rings (SSSR count). The van der Waals surface area contributed by atoms with Crippen molar-refractivity contribution in [2.75, 3.05) is 0 Å². The van der Waals surface area contributed by atoms with Gasteiger partial charge in [0.1, 0.15) is 0 Å². The minimum absolute atomic E-state index is 0.603. The quantitative estimate of drug-likeness (QED) is 0.451. The maximum atomic E-state index is 10.4. The first-order chi connectivity index (χ1) is 7.68. The fourth-order valence-corrected chi connectivity index (χ4v) is 2.11. The predicted molar refractivity (Wildman–Crippen MR) is 68.7 cm³/mol. The molecule has 0 amide bonds. The number of rotatable bonds is 11. The average Bonchev–Trinajstić information content (AvgIpc) is 2.26. The summed E-state index contributed by atoms with van der Waals surface area (Å²) < 4.78 is 20.9. The summed E-state index contributed by atoms with van der Waals surface area (Å²) in [5.74, 6) is 0. The van der Waals surface area contributed by atoms with Crippen LogP contribution in [-0.4, -0.2) is 14.1 Å². The van der Waals surface area contributed by atoms with Gasteiger partial charge in [-0.1, -0.05) is 64.7 Å². The third-order valence-corrected chi connectivity index (χ3v) is 3.57. The topological polar surface area (TPSA) is 66.2 Å². The lowest BCUT2D eigenvalue weighted by atomic mass is 10.1. The molecule has 0 aliphatic rings. The Labute approximate surface area is 102 Å². The lowest BCUT2D eigenvalue weighted by Crippen LogP contribution is -2.25. The number of unbranched alkanes of at least 4 members (excludes halogenated alkanes) is 8. The highest BCUT2D eigenvalue weighted by Crippen LogP contribution is 2.11. The van der Waals surface area contributed by atoms with Crippen molar-refractivity contribution < 1.29 is 8.76 Å². The van der Waals surface area contributed by atoms with Gasteiger partial charge in [-0.25, -0.2) is 0 Å². The molecule has 0 radical (unpaired) electrons. The maximum absolute atomic E-state index is 10.4. The lowest BCUT2D eigenvalue weighted by molar-refractivity contribution is 0.506. The molecule has 0 aromatic carbocycles. The third kappa shape index (κ3) is 10.6. The summed E-state index contributed by atoms with van der Waals surface area (Å²) in [6, 6.07) is 0. The zero-order chi connectivity index (χ0) is 12.2. The van der Waals surface area contributed by atoms with Crippen LogP contribution in [0.2, 0.25) is 0 Å². The monoisotopic (exact) mass is 248 g/mol. The highest BCUT2D eigenvalue weighted by Gasteiger charge is 2.01. The Morgan fingerprint density at radius 1 is 1.00 bits per heavy atom. The smallest absolute Gasteiger partial charge is 0.0676 e. The van der Waals surface area contributed by atoms with Gasteiger partial charge in [-0.05, 0) is 17.5 Å². The van der Waals surface area contributed by atoms with Gasteiger partial charge in [-0.15, -0.1) is 0 Å². The first kappa shape index (κ1) is 16.1. The van der Waals surface area contributed by atoms with Crippen molar-refractivity contribution in [3.8, 4) is 0 Å². The van der Waals surface area contributed by atoms with Crippen molar-refractivity contribution in [2.24, 2.45) is 5.73 Å². The van der Waals surface area contributed by atoms with E-state index in [0.717, 1.165) is 12.8 Å². The van der Waals surface area contributed by atoms with E-state index in [1.165, 1.54) is 44.9 Å². The number of nitrogens with two attached hydrogens (primary N) is 1. The standard InChI is InChI=1S/C12H27NO2S/c1-2-3-4-5-6-7-8-9-10-11-12(13)16(14)15/h12H,2-11,13H2,1H3,(H,14,15)/p-1. The summed E-state index contributed by atoms with van der Waals surface area (Å²) >= 11 is -2.10. The van der Waals surface area contributed by atoms with E-state index in [4.69, 9.17) is 5.73 Å². The van der Waals surface area contributed by atoms with Crippen LogP contribution in [0.5, 0.6) is 0 Å². The summed E-state index contributed by atoms with van der Waals surface area (Å²) in [7, 11) is 0. The van der Waals surface area contributed by atoms with Crippen molar-refractivity contribution >= 4 is 11.1 Å². The summed E-state index contributed by atoms with van der Waals surface area (Å²) in [6.45, 7) is 2.23. The van der Waals surface area contributed by atoms with Crippen LogP contribution in [0, 0.1) is 0 Å². The molecule has 4 heteroatoms. The van der Waals surface area contributed by atoms with Gasteiger partial charge in [0.05, 0.1) is 5.37 Å². The fraction of sp³-hybridized carbons (Fsp3) is 1.00. The molecule has 0 fully saturated rings. The Hall–Kier alpha value is 0.0700. The molecule has 2 N–H and O–H groups in total. The molecule has 2 unspecified atom stereocenters. The van der Waals surface area contributed by atoms with E-state index in [0.29, 0.717) is 6.42 Å². The highest BCUT2D eigenvalue weighted by molar-refractivity contribution is 7.79. The van der Waals surface area contributed by atoms with Crippen molar-refractivity contribution in [3.05, 3.63) is 0 Å². The Kier molecular flexibility index (Phi) is 11.6. The van der Waals surface area contributed by atoms with Gasteiger partial charge in [0.25, 0.3) is 0 Å². The largest absolute Gasteiger partial charge is 0.771 e. The molecule has 0 bridgehead atoms. The minimum atomic E-state index is -2.10. The second kappa shape index (κ2) is 11.6. The van der Waals surface area contributed by atoms with Gasteiger partial charge in [0.15, 0.2) is 0 Å². The molecule has 16 heavy (non-hydrogen) atoms. The molecule has 0 aromatic rings. The van der Waals surface area contributed by atoms with E-state index < -0.39 is 16.5 Å². The maximum Gasteiger partial charge on any atom is 0.0676 e. The number of hydrogen-bond acceptors (Lipinski definition) is 3. The summed E-state index contributed by atoms with van der Waals surface area (Å²) in [5.41, 5.74) is 5.40. The normalized spacial score (nSPS) is 14.9. The van der Waals surface area contributed by atoms with Crippen LogP contribution in [0.25, 0.3) is 0 Å². The number of hydrogen-bond donors (Lipinski definition) is 1. The van der Waals surface area contributed by atoms with Gasteiger partial charge >= 0.3 is 0 Å². The van der Waals surface area contributed by atoms with E-state index in [1.807, 2.05) is 0 Å². The molecule has 2 atom stereocenters. The first-order valence-corrected chi connectivity index (χ1v) is 7.66. The molecule has 0 saturated carbocycles. The zero-order valence-corrected chi connectivity index (χ0v) is 11.3.